The zero-order valence-electron chi connectivity index (χ0n) is 9.87. The van der Waals surface area contributed by atoms with E-state index in [9.17, 15) is 4.79 Å². The van der Waals surface area contributed by atoms with Gasteiger partial charge in [0, 0.05) is 6.04 Å². The van der Waals surface area contributed by atoms with Gasteiger partial charge in [-0.15, -0.1) is 5.10 Å². The fourth-order valence-corrected chi connectivity index (χ4v) is 1.57. The number of benzene rings is 1. The molecule has 4 N–H and O–H groups in total. The summed E-state index contributed by atoms with van der Waals surface area (Å²) in [4.78, 5) is 11.9. The first-order chi connectivity index (χ1) is 8.68. The number of aromatic nitrogens is 4. The normalized spacial score (nSPS) is 13.9. The second kappa shape index (κ2) is 5.37. The van der Waals surface area contributed by atoms with Gasteiger partial charge >= 0.3 is 0 Å². The Morgan fingerprint density at radius 3 is 2.72 bits per heavy atom. The van der Waals surface area contributed by atoms with E-state index in [-0.39, 0.29) is 17.9 Å². The summed E-state index contributed by atoms with van der Waals surface area (Å²) in [5.41, 5.74) is 6.95. The summed E-state index contributed by atoms with van der Waals surface area (Å²) in [5.74, 6) is -0.495. The van der Waals surface area contributed by atoms with Gasteiger partial charge in [-0.25, -0.2) is 0 Å². The van der Waals surface area contributed by atoms with Crippen molar-refractivity contribution >= 4 is 11.9 Å². The maximum absolute atomic E-state index is 11.9. The van der Waals surface area contributed by atoms with Gasteiger partial charge in [0.05, 0.1) is 5.92 Å². The zero-order valence-corrected chi connectivity index (χ0v) is 9.87. The number of nitrogens with zero attached hydrogens (tertiary/aromatic N) is 3. The van der Waals surface area contributed by atoms with E-state index in [2.05, 4.69) is 25.9 Å². The predicted molar refractivity (Wildman–Crippen MR) is 65.3 cm³/mol. The molecular formula is C11H14N6O. The quantitative estimate of drug-likeness (QED) is 0.726. The minimum Gasteiger partial charge on any atom is -0.323 e. The van der Waals surface area contributed by atoms with Crippen molar-refractivity contribution in [3.05, 3.63) is 35.9 Å². The number of aromatic amines is 1. The van der Waals surface area contributed by atoms with Gasteiger partial charge in [-0.1, -0.05) is 42.4 Å². The Balaban J connectivity index is 2.02. The number of anilines is 1. The van der Waals surface area contributed by atoms with Crippen LogP contribution in [0, 0.1) is 5.92 Å². The SMILES string of the molecule is CC(C(=O)Nc1nn[nH]n1)C(N)c1ccccc1. The van der Waals surface area contributed by atoms with Gasteiger partial charge < -0.3 is 5.73 Å². The standard InChI is InChI=1S/C11H14N6O/c1-7(9(12)8-5-3-2-4-6-8)10(18)13-11-14-16-17-15-11/h2-7,9H,12H2,1H3,(H2,13,14,15,16,17,18). The van der Waals surface area contributed by atoms with Crippen LogP contribution in [0.3, 0.4) is 0 Å². The molecule has 94 valence electrons. The average molecular weight is 246 g/mol. The number of rotatable bonds is 4. The predicted octanol–water partition coefficient (Wildman–Crippen LogP) is 0.474. The van der Waals surface area contributed by atoms with Crippen LogP contribution in [0.4, 0.5) is 5.95 Å². The van der Waals surface area contributed by atoms with Crippen LogP contribution in [-0.4, -0.2) is 26.5 Å². The van der Waals surface area contributed by atoms with Crippen LogP contribution in [0.5, 0.6) is 0 Å². The van der Waals surface area contributed by atoms with Crippen LogP contribution in [0.1, 0.15) is 18.5 Å². The van der Waals surface area contributed by atoms with Crippen molar-refractivity contribution in [1.29, 1.82) is 0 Å². The molecule has 2 atom stereocenters. The van der Waals surface area contributed by atoms with Crippen molar-refractivity contribution < 1.29 is 4.79 Å². The molecule has 2 aromatic rings. The van der Waals surface area contributed by atoms with Crippen LogP contribution in [0.15, 0.2) is 30.3 Å². The lowest BCUT2D eigenvalue weighted by molar-refractivity contribution is -0.120. The topological polar surface area (TPSA) is 110 Å². The number of amides is 1. The number of carbonyl (C=O) groups excluding carboxylic acids is 1. The lowest BCUT2D eigenvalue weighted by Crippen LogP contribution is -2.30. The van der Waals surface area contributed by atoms with Gasteiger partial charge in [0.1, 0.15) is 0 Å². The van der Waals surface area contributed by atoms with Crippen LogP contribution >= 0.6 is 0 Å². The molecule has 1 amide bonds. The molecule has 2 unspecified atom stereocenters. The van der Waals surface area contributed by atoms with Gasteiger partial charge in [-0.05, 0) is 10.8 Å². The summed E-state index contributed by atoms with van der Waals surface area (Å²) >= 11 is 0. The largest absolute Gasteiger partial charge is 0.323 e. The average Bonchev–Trinajstić information content (AvgIpc) is 2.91. The third-order valence-electron chi connectivity index (χ3n) is 2.72. The summed E-state index contributed by atoms with van der Waals surface area (Å²) in [6, 6.07) is 9.09. The summed E-state index contributed by atoms with van der Waals surface area (Å²) in [5, 5.41) is 15.5. The molecule has 0 spiro atoms. The molecule has 0 saturated heterocycles. The van der Waals surface area contributed by atoms with E-state index in [1.165, 1.54) is 0 Å². The highest BCUT2D eigenvalue weighted by Gasteiger charge is 2.22. The molecule has 7 heteroatoms. The third kappa shape index (κ3) is 2.69. The van der Waals surface area contributed by atoms with Crippen LogP contribution in [-0.2, 0) is 4.79 Å². The number of hydrogen-bond donors (Lipinski definition) is 3. The Kier molecular flexibility index (Phi) is 3.63. The molecule has 18 heavy (non-hydrogen) atoms. The highest BCUT2D eigenvalue weighted by Crippen LogP contribution is 2.19. The van der Waals surface area contributed by atoms with Crippen molar-refractivity contribution in [3.8, 4) is 0 Å². The maximum atomic E-state index is 11.9. The molecule has 1 heterocycles. The lowest BCUT2D eigenvalue weighted by atomic mass is 9.95. The summed E-state index contributed by atoms with van der Waals surface area (Å²) in [6.45, 7) is 1.76. The van der Waals surface area contributed by atoms with E-state index in [1.807, 2.05) is 30.3 Å². The number of nitrogens with two attached hydrogens (primary N) is 1. The van der Waals surface area contributed by atoms with Crippen LogP contribution < -0.4 is 11.1 Å². The van der Waals surface area contributed by atoms with Crippen molar-refractivity contribution in [1.82, 2.24) is 20.6 Å². The van der Waals surface area contributed by atoms with Crippen molar-refractivity contribution in [2.75, 3.05) is 5.32 Å². The van der Waals surface area contributed by atoms with E-state index < -0.39 is 5.92 Å². The molecule has 7 nitrogen and oxygen atoms in total. The first-order valence-corrected chi connectivity index (χ1v) is 5.53. The Hall–Kier alpha value is -2.28. The lowest BCUT2D eigenvalue weighted by Gasteiger charge is -2.18. The highest BCUT2D eigenvalue weighted by molar-refractivity contribution is 5.91. The smallest absolute Gasteiger partial charge is 0.269 e. The molecule has 0 aliphatic rings. The Labute approximate surface area is 104 Å². The van der Waals surface area contributed by atoms with E-state index in [1.54, 1.807) is 6.92 Å². The molecule has 0 radical (unpaired) electrons. The second-order valence-corrected chi connectivity index (χ2v) is 3.95. The zero-order chi connectivity index (χ0) is 13.0. The molecule has 0 aliphatic carbocycles. The molecular weight excluding hydrogens is 232 g/mol. The molecule has 0 aliphatic heterocycles. The minimum absolute atomic E-state index is 0.145. The Morgan fingerprint density at radius 2 is 2.11 bits per heavy atom. The third-order valence-corrected chi connectivity index (χ3v) is 2.72. The minimum atomic E-state index is -0.397. The van der Waals surface area contributed by atoms with Crippen molar-refractivity contribution in [2.24, 2.45) is 11.7 Å². The number of carbonyl (C=O) groups is 1. The highest BCUT2D eigenvalue weighted by atomic mass is 16.2. The summed E-state index contributed by atoms with van der Waals surface area (Å²) in [6.07, 6.45) is 0. The van der Waals surface area contributed by atoms with E-state index in [0.717, 1.165) is 5.56 Å². The monoisotopic (exact) mass is 246 g/mol. The van der Waals surface area contributed by atoms with Crippen LogP contribution in [0.25, 0.3) is 0 Å². The van der Waals surface area contributed by atoms with E-state index >= 15 is 0 Å². The van der Waals surface area contributed by atoms with Crippen molar-refractivity contribution in [2.45, 2.75) is 13.0 Å². The molecule has 0 saturated carbocycles. The Bertz CT molecular complexity index is 498. The van der Waals surface area contributed by atoms with E-state index in [4.69, 9.17) is 5.73 Å². The summed E-state index contributed by atoms with van der Waals surface area (Å²) < 4.78 is 0. The Morgan fingerprint density at radius 1 is 1.39 bits per heavy atom. The fraction of sp³-hybridized carbons (Fsp3) is 0.273. The van der Waals surface area contributed by atoms with Gasteiger partial charge in [0.25, 0.3) is 5.95 Å². The van der Waals surface area contributed by atoms with Crippen molar-refractivity contribution in [3.63, 3.8) is 0 Å². The van der Waals surface area contributed by atoms with Gasteiger partial charge in [0.2, 0.25) is 5.91 Å². The molecule has 1 aromatic heterocycles. The summed E-state index contributed by atoms with van der Waals surface area (Å²) in [7, 11) is 0. The molecule has 0 bridgehead atoms. The number of hydrogen-bond acceptors (Lipinski definition) is 5. The molecule has 2 rings (SSSR count). The first-order valence-electron chi connectivity index (χ1n) is 5.53. The number of nitrogens with one attached hydrogen (secondary N) is 2. The second-order valence-electron chi connectivity index (χ2n) is 3.95. The van der Waals surface area contributed by atoms with Crippen LogP contribution in [0.2, 0.25) is 0 Å². The van der Waals surface area contributed by atoms with Gasteiger partial charge in [0.15, 0.2) is 0 Å². The molecule has 0 fully saturated rings. The van der Waals surface area contributed by atoms with Gasteiger partial charge in [-0.2, -0.15) is 5.21 Å². The number of H-pyrrole nitrogens is 1. The first kappa shape index (κ1) is 12.2. The van der Waals surface area contributed by atoms with Gasteiger partial charge in [-0.3, -0.25) is 10.1 Å². The molecule has 1 aromatic carbocycles. The number of tetrazole rings is 1. The van der Waals surface area contributed by atoms with E-state index in [0.29, 0.717) is 0 Å². The maximum Gasteiger partial charge on any atom is 0.269 e. The fourth-order valence-electron chi connectivity index (χ4n) is 1.57.